The molecule has 0 radical (unpaired) electrons. The lowest BCUT2D eigenvalue weighted by molar-refractivity contribution is -0.167. The molecule has 39 heavy (non-hydrogen) atoms. The molecule has 3 N–H and O–H groups in total. The van der Waals surface area contributed by atoms with Gasteiger partial charge in [-0.1, -0.05) is 31.2 Å². The van der Waals surface area contributed by atoms with Gasteiger partial charge in [0.1, 0.15) is 5.75 Å². The van der Waals surface area contributed by atoms with Crippen LogP contribution >= 0.6 is 0 Å². The van der Waals surface area contributed by atoms with Crippen LogP contribution < -0.4 is 20.8 Å². The lowest BCUT2D eigenvalue weighted by Gasteiger charge is -2.20. The van der Waals surface area contributed by atoms with Crippen LogP contribution in [0.3, 0.4) is 0 Å². The fraction of sp³-hybridized carbons (Fsp3) is 0.179. The summed E-state index contributed by atoms with van der Waals surface area (Å²) in [6, 6.07) is 15.1. The van der Waals surface area contributed by atoms with E-state index in [4.69, 9.17) is 9.72 Å². The van der Waals surface area contributed by atoms with Crippen LogP contribution in [-0.2, 0) is 4.79 Å². The number of benzene rings is 2. The smallest absolute Gasteiger partial charge is 0.471 e. The Balaban J connectivity index is 1.46. The van der Waals surface area contributed by atoms with Crippen LogP contribution in [0.2, 0.25) is 0 Å². The van der Waals surface area contributed by atoms with Gasteiger partial charge in [-0.25, -0.2) is 15.4 Å². The zero-order chi connectivity index (χ0) is 27.4. The Morgan fingerprint density at radius 1 is 1.10 bits per heavy atom. The van der Waals surface area contributed by atoms with Gasteiger partial charge in [-0.2, -0.15) is 13.2 Å². The van der Waals surface area contributed by atoms with Crippen LogP contribution in [0.15, 0.2) is 90.9 Å². The Labute approximate surface area is 222 Å². The third kappa shape index (κ3) is 5.93. The third-order valence-electron chi connectivity index (χ3n) is 5.92. The van der Waals surface area contributed by atoms with Gasteiger partial charge in [-0.05, 0) is 54.5 Å². The molecule has 2 aliphatic heterocycles. The van der Waals surface area contributed by atoms with E-state index in [9.17, 15) is 18.0 Å². The molecule has 1 unspecified atom stereocenters. The maximum absolute atomic E-state index is 12.8. The number of aromatic nitrogens is 2. The molecule has 0 aliphatic carbocycles. The highest BCUT2D eigenvalue weighted by Crippen LogP contribution is 2.40. The average molecular weight is 535 g/mol. The molecule has 8 nitrogen and oxygen atoms in total. The van der Waals surface area contributed by atoms with Gasteiger partial charge in [-0.3, -0.25) is 9.80 Å². The van der Waals surface area contributed by atoms with E-state index >= 15 is 0 Å². The molecule has 2 aliphatic rings. The molecule has 0 fully saturated rings. The molecule has 11 heteroatoms. The summed E-state index contributed by atoms with van der Waals surface area (Å²) in [7, 11) is 0. The van der Waals surface area contributed by atoms with Gasteiger partial charge in [-0.15, -0.1) is 0 Å². The maximum atomic E-state index is 12.8. The van der Waals surface area contributed by atoms with Crippen molar-refractivity contribution in [3.63, 3.8) is 0 Å². The summed E-state index contributed by atoms with van der Waals surface area (Å²) < 4.78 is 44.1. The van der Waals surface area contributed by atoms with E-state index in [0.717, 1.165) is 29.1 Å². The van der Waals surface area contributed by atoms with Crippen LogP contribution in [0, 0.1) is 0 Å². The first-order chi connectivity index (χ1) is 18.8. The highest BCUT2D eigenvalue weighted by molar-refractivity contribution is 5.95. The van der Waals surface area contributed by atoms with E-state index in [0.29, 0.717) is 23.8 Å². The molecule has 2 aromatic carbocycles. The number of amides is 1. The van der Waals surface area contributed by atoms with Gasteiger partial charge in [0.05, 0.1) is 24.0 Å². The van der Waals surface area contributed by atoms with E-state index in [-0.39, 0.29) is 5.69 Å². The molecule has 0 saturated carbocycles. The number of carbonyl (C=O) groups is 1. The number of fused-ring (bicyclic) bond motifs is 1. The Hall–Kier alpha value is -4.64. The second-order valence-corrected chi connectivity index (χ2v) is 8.78. The molecule has 1 amide bonds. The number of hydrazine groups is 1. The maximum Gasteiger partial charge on any atom is 0.471 e. The number of alkyl halides is 3. The number of ether oxygens (including phenoxy) is 1. The molecule has 0 bridgehead atoms. The largest absolute Gasteiger partial charge is 0.494 e. The fourth-order valence-corrected chi connectivity index (χ4v) is 4.23. The average Bonchev–Trinajstić information content (AvgIpc) is 3.32. The van der Waals surface area contributed by atoms with Crippen LogP contribution in [-0.4, -0.2) is 33.7 Å². The number of hydrogen-bond acceptors (Lipinski definition) is 7. The SMILES string of the molecule is CCCOc1cccc(Nc2nccc(C3=C4C=CC=CN4NC3c3cccc(NC(=O)C(F)(F)F)c3)n2)c1. The summed E-state index contributed by atoms with van der Waals surface area (Å²) >= 11 is 0. The molecule has 0 spiro atoms. The first kappa shape index (κ1) is 26.0. The number of carbonyl (C=O) groups excluding carboxylic acids is 1. The number of nitrogens with zero attached hydrogens (tertiary/aromatic N) is 3. The minimum Gasteiger partial charge on any atom is -0.494 e. The molecule has 3 heterocycles. The number of hydrogen-bond donors (Lipinski definition) is 3. The third-order valence-corrected chi connectivity index (χ3v) is 5.92. The van der Waals surface area contributed by atoms with E-state index in [1.165, 1.54) is 12.1 Å². The van der Waals surface area contributed by atoms with Crippen LogP contribution in [0.5, 0.6) is 5.75 Å². The first-order valence-electron chi connectivity index (χ1n) is 12.3. The predicted octanol–water partition coefficient (Wildman–Crippen LogP) is 5.87. The number of halogens is 3. The first-order valence-corrected chi connectivity index (χ1v) is 12.3. The second-order valence-electron chi connectivity index (χ2n) is 8.78. The van der Waals surface area contributed by atoms with Gasteiger partial charge in [0.25, 0.3) is 0 Å². The normalized spacial score (nSPS) is 16.3. The van der Waals surface area contributed by atoms with Crippen LogP contribution in [0.25, 0.3) is 5.57 Å². The Morgan fingerprint density at radius 2 is 1.92 bits per heavy atom. The van der Waals surface area contributed by atoms with Crippen molar-refractivity contribution in [1.29, 1.82) is 0 Å². The monoisotopic (exact) mass is 534 g/mol. The van der Waals surface area contributed by atoms with Gasteiger partial charge in [0.2, 0.25) is 5.95 Å². The molecule has 1 aromatic heterocycles. The Morgan fingerprint density at radius 3 is 2.74 bits per heavy atom. The summed E-state index contributed by atoms with van der Waals surface area (Å²) in [6.07, 6.45) is 5.05. The van der Waals surface area contributed by atoms with Crippen molar-refractivity contribution < 1.29 is 22.7 Å². The highest BCUT2D eigenvalue weighted by atomic mass is 19.4. The lowest BCUT2D eigenvalue weighted by Crippen LogP contribution is -2.30. The fourth-order valence-electron chi connectivity index (χ4n) is 4.23. The van der Waals surface area contributed by atoms with Gasteiger partial charge in [0.15, 0.2) is 0 Å². The molecular formula is C28H25F3N6O2. The summed E-state index contributed by atoms with van der Waals surface area (Å²) in [5, 5.41) is 6.96. The van der Waals surface area contributed by atoms with Crippen LogP contribution in [0.1, 0.15) is 30.6 Å². The molecule has 3 aromatic rings. The summed E-state index contributed by atoms with van der Waals surface area (Å²) in [4.78, 5) is 20.6. The zero-order valence-corrected chi connectivity index (χ0v) is 20.9. The minimum atomic E-state index is -4.99. The summed E-state index contributed by atoms with van der Waals surface area (Å²) in [6.45, 7) is 2.65. The van der Waals surface area contributed by atoms with Crippen LogP contribution in [0.4, 0.5) is 30.5 Å². The minimum absolute atomic E-state index is 0.0344. The number of rotatable bonds is 8. The van der Waals surface area contributed by atoms with E-state index < -0.39 is 18.1 Å². The Kier molecular flexibility index (Phi) is 7.33. The molecule has 200 valence electrons. The van der Waals surface area contributed by atoms with Gasteiger partial charge in [0, 0.05) is 35.4 Å². The molecule has 5 rings (SSSR count). The summed E-state index contributed by atoms with van der Waals surface area (Å²) in [5.41, 5.74) is 7.02. The predicted molar refractivity (Wildman–Crippen MR) is 142 cm³/mol. The van der Waals surface area contributed by atoms with Crippen molar-refractivity contribution in [2.45, 2.75) is 25.6 Å². The summed E-state index contributed by atoms with van der Waals surface area (Å²) in [5.74, 6) is -0.932. The highest BCUT2D eigenvalue weighted by Gasteiger charge is 2.39. The topological polar surface area (TPSA) is 91.4 Å². The number of nitrogens with one attached hydrogen (secondary N) is 3. The van der Waals surface area contributed by atoms with Crippen molar-refractivity contribution in [3.05, 3.63) is 102 Å². The standard InChI is InChI=1S/C28H25F3N6O2/c1-2-15-39-21-10-6-9-20(17-21)34-27-32-13-12-22(35-27)24-23-11-3-4-14-37(23)36-25(24)18-7-5-8-19(16-18)33-26(38)28(29,30)31/h3-14,16-17,25,36H,2,15H2,1H3,(H,33,38)(H,32,34,35). The van der Waals surface area contributed by atoms with E-state index in [2.05, 4.69) is 15.7 Å². The zero-order valence-electron chi connectivity index (χ0n) is 20.9. The number of anilines is 3. The number of allylic oxidation sites excluding steroid dienone is 3. The van der Waals surface area contributed by atoms with E-state index in [1.54, 1.807) is 24.4 Å². The Bertz CT molecular complexity index is 1470. The van der Waals surface area contributed by atoms with Crippen molar-refractivity contribution in [2.24, 2.45) is 0 Å². The quantitative estimate of drug-likeness (QED) is 0.333. The van der Waals surface area contributed by atoms with Crippen molar-refractivity contribution >= 4 is 28.8 Å². The molecule has 0 saturated heterocycles. The molecule has 1 atom stereocenters. The van der Waals surface area contributed by atoms with Gasteiger partial charge < -0.3 is 15.4 Å². The van der Waals surface area contributed by atoms with Crippen molar-refractivity contribution in [3.8, 4) is 5.75 Å². The van der Waals surface area contributed by atoms with E-state index in [1.807, 2.05) is 65.9 Å². The molecular weight excluding hydrogens is 509 g/mol. The second kappa shape index (κ2) is 11.0. The van der Waals surface area contributed by atoms with Crippen molar-refractivity contribution in [1.82, 2.24) is 20.4 Å². The van der Waals surface area contributed by atoms with Crippen molar-refractivity contribution in [2.75, 3.05) is 17.2 Å². The van der Waals surface area contributed by atoms with Gasteiger partial charge >= 0.3 is 12.1 Å². The lowest BCUT2D eigenvalue weighted by atomic mass is 9.95.